The summed E-state index contributed by atoms with van der Waals surface area (Å²) in [4.78, 5) is 4.49. The van der Waals surface area contributed by atoms with Crippen molar-refractivity contribution in [3.05, 3.63) is 5.82 Å². The molecule has 0 aliphatic carbocycles. The van der Waals surface area contributed by atoms with Crippen LogP contribution in [0.5, 0.6) is 0 Å². The van der Waals surface area contributed by atoms with Crippen LogP contribution in [0.2, 0.25) is 0 Å². The summed E-state index contributed by atoms with van der Waals surface area (Å²) in [5, 5.41) is 0.650. The van der Waals surface area contributed by atoms with Crippen LogP contribution in [0.4, 0.5) is 0 Å². The highest BCUT2D eigenvalue weighted by Crippen LogP contribution is 2.30. The zero-order valence-electron chi connectivity index (χ0n) is 9.35. The molecule has 2 rings (SSSR count). The Hall–Kier alpha value is -0.170. The van der Waals surface area contributed by atoms with Gasteiger partial charge in [-0.1, -0.05) is 11.8 Å². The maximum absolute atomic E-state index is 5.33. The molecule has 0 unspecified atom stereocenters. The van der Waals surface area contributed by atoms with Gasteiger partial charge in [-0.05, 0) is 24.4 Å². The molecular formula is C10H16N2O2S2. The van der Waals surface area contributed by atoms with E-state index >= 15 is 0 Å². The SMILES string of the molecule is COCCc1nsc(SC2CCOCC2)n1. The molecule has 6 heteroatoms. The molecule has 0 aromatic carbocycles. The van der Waals surface area contributed by atoms with Crippen molar-refractivity contribution in [3.63, 3.8) is 0 Å². The Morgan fingerprint density at radius 1 is 1.50 bits per heavy atom. The van der Waals surface area contributed by atoms with Gasteiger partial charge in [0, 0.05) is 32.0 Å². The minimum atomic E-state index is 0.650. The van der Waals surface area contributed by atoms with E-state index in [9.17, 15) is 0 Å². The third-order valence-corrected chi connectivity index (χ3v) is 4.57. The van der Waals surface area contributed by atoms with Crippen molar-refractivity contribution < 1.29 is 9.47 Å². The van der Waals surface area contributed by atoms with Crippen molar-refractivity contribution in [3.8, 4) is 0 Å². The highest BCUT2D eigenvalue weighted by Gasteiger charge is 2.17. The van der Waals surface area contributed by atoms with Crippen LogP contribution >= 0.6 is 23.3 Å². The summed E-state index contributed by atoms with van der Waals surface area (Å²) in [6, 6.07) is 0. The molecule has 0 radical (unpaired) electrons. The van der Waals surface area contributed by atoms with Crippen molar-refractivity contribution in [2.75, 3.05) is 26.9 Å². The maximum Gasteiger partial charge on any atom is 0.170 e. The van der Waals surface area contributed by atoms with Gasteiger partial charge in [0.05, 0.1) is 6.61 Å². The Labute approximate surface area is 104 Å². The molecule has 2 heterocycles. The van der Waals surface area contributed by atoms with Gasteiger partial charge in [0.15, 0.2) is 4.34 Å². The van der Waals surface area contributed by atoms with Gasteiger partial charge in [0.25, 0.3) is 0 Å². The minimum absolute atomic E-state index is 0.650. The average Bonchev–Trinajstić information content (AvgIpc) is 2.75. The van der Waals surface area contributed by atoms with Crippen LogP contribution in [0.25, 0.3) is 0 Å². The first-order valence-corrected chi connectivity index (χ1v) is 7.09. The molecule has 1 saturated heterocycles. The lowest BCUT2D eigenvalue weighted by Gasteiger charge is -2.19. The first-order chi connectivity index (χ1) is 7.88. The number of thioether (sulfide) groups is 1. The van der Waals surface area contributed by atoms with Gasteiger partial charge in [-0.15, -0.1) is 0 Å². The molecule has 0 amide bonds. The average molecular weight is 260 g/mol. The molecular weight excluding hydrogens is 244 g/mol. The van der Waals surface area contributed by atoms with Gasteiger partial charge in [-0.25, -0.2) is 4.98 Å². The van der Waals surface area contributed by atoms with Crippen molar-refractivity contribution >= 4 is 23.3 Å². The number of methoxy groups -OCH3 is 1. The molecule has 1 fully saturated rings. The molecule has 1 aliphatic rings. The van der Waals surface area contributed by atoms with Crippen LogP contribution in [0, 0.1) is 0 Å². The Morgan fingerprint density at radius 3 is 3.06 bits per heavy atom. The van der Waals surface area contributed by atoms with E-state index in [-0.39, 0.29) is 0 Å². The Balaban J connectivity index is 1.81. The van der Waals surface area contributed by atoms with Crippen LogP contribution in [0.15, 0.2) is 4.34 Å². The smallest absolute Gasteiger partial charge is 0.170 e. The lowest BCUT2D eigenvalue weighted by Crippen LogP contribution is -2.17. The highest BCUT2D eigenvalue weighted by molar-refractivity contribution is 8.01. The second-order valence-electron chi connectivity index (χ2n) is 3.65. The summed E-state index contributed by atoms with van der Waals surface area (Å²) < 4.78 is 15.7. The van der Waals surface area contributed by atoms with Gasteiger partial charge >= 0.3 is 0 Å². The second kappa shape index (κ2) is 6.54. The normalized spacial score (nSPS) is 17.8. The molecule has 0 saturated carbocycles. The van der Waals surface area contributed by atoms with Crippen LogP contribution < -0.4 is 0 Å². The van der Waals surface area contributed by atoms with E-state index in [1.165, 1.54) is 11.5 Å². The van der Waals surface area contributed by atoms with Crippen LogP contribution in [-0.2, 0) is 15.9 Å². The summed E-state index contributed by atoms with van der Waals surface area (Å²) in [6.45, 7) is 2.46. The molecule has 1 aromatic rings. The van der Waals surface area contributed by atoms with E-state index in [0.29, 0.717) is 11.9 Å². The minimum Gasteiger partial charge on any atom is -0.384 e. The fourth-order valence-corrected chi connectivity index (χ4v) is 3.54. The monoisotopic (exact) mass is 260 g/mol. The quantitative estimate of drug-likeness (QED) is 0.810. The van der Waals surface area contributed by atoms with Gasteiger partial charge < -0.3 is 9.47 Å². The first kappa shape index (κ1) is 12.3. The predicted octanol–water partition coefficient (Wildman–Crippen LogP) is 2.00. The van der Waals surface area contributed by atoms with Crippen LogP contribution in [0.3, 0.4) is 0 Å². The van der Waals surface area contributed by atoms with E-state index < -0.39 is 0 Å². The Kier molecular flexibility index (Phi) is 5.02. The molecule has 0 N–H and O–H groups in total. The third kappa shape index (κ3) is 3.69. The van der Waals surface area contributed by atoms with Crippen molar-refractivity contribution in [1.82, 2.24) is 9.36 Å². The Morgan fingerprint density at radius 2 is 2.31 bits per heavy atom. The number of rotatable bonds is 5. The number of hydrogen-bond acceptors (Lipinski definition) is 6. The van der Waals surface area contributed by atoms with Crippen LogP contribution in [0.1, 0.15) is 18.7 Å². The van der Waals surface area contributed by atoms with Gasteiger partial charge in [0.1, 0.15) is 5.82 Å². The summed E-state index contributed by atoms with van der Waals surface area (Å²) in [7, 11) is 1.70. The number of aromatic nitrogens is 2. The standard InChI is InChI=1S/C10H16N2O2S2/c1-13-5-4-9-11-10(16-12-9)15-8-2-6-14-7-3-8/h8H,2-7H2,1H3. The number of hydrogen-bond donors (Lipinski definition) is 0. The van der Waals surface area contributed by atoms with E-state index in [1.807, 2.05) is 11.8 Å². The van der Waals surface area contributed by atoms with Gasteiger partial charge in [-0.3, -0.25) is 0 Å². The first-order valence-electron chi connectivity index (χ1n) is 5.44. The third-order valence-electron chi connectivity index (χ3n) is 2.42. The fourth-order valence-electron chi connectivity index (χ4n) is 1.52. The zero-order chi connectivity index (χ0) is 11.2. The largest absolute Gasteiger partial charge is 0.384 e. The molecule has 16 heavy (non-hydrogen) atoms. The lowest BCUT2D eigenvalue weighted by atomic mass is 10.2. The molecule has 1 aromatic heterocycles. The van der Waals surface area contributed by atoms with E-state index in [4.69, 9.17) is 9.47 Å². The molecule has 0 atom stereocenters. The molecule has 0 spiro atoms. The summed E-state index contributed by atoms with van der Waals surface area (Å²) in [5.74, 6) is 0.904. The number of nitrogens with zero attached hydrogens (tertiary/aromatic N) is 2. The molecule has 0 bridgehead atoms. The maximum atomic E-state index is 5.33. The van der Waals surface area contributed by atoms with Gasteiger partial charge in [-0.2, -0.15) is 4.37 Å². The summed E-state index contributed by atoms with van der Waals surface area (Å²) >= 11 is 3.34. The van der Waals surface area contributed by atoms with Crippen molar-refractivity contribution in [1.29, 1.82) is 0 Å². The molecule has 90 valence electrons. The highest BCUT2D eigenvalue weighted by atomic mass is 32.2. The predicted molar refractivity (Wildman–Crippen MR) is 65.2 cm³/mol. The van der Waals surface area contributed by atoms with Crippen molar-refractivity contribution in [2.24, 2.45) is 0 Å². The van der Waals surface area contributed by atoms with E-state index in [2.05, 4.69) is 9.36 Å². The van der Waals surface area contributed by atoms with Crippen LogP contribution in [-0.4, -0.2) is 41.5 Å². The summed E-state index contributed by atoms with van der Waals surface area (Å²) in [5.41, 5.74) is 0. The fraction of sp³-hybridized carbons (Fsp3) is 0.800. The zero-order valence-corrected chi connectivity index (χ0v) is 11.0. The van der Waals surface area contributed by atoms with Crippen molar-refractivity contribution in [2.45, 2.75) is 28.9 Å². The van der Waals surface area contributed by atoms with E-state index in [0.717, 1.165) is 42.6 Å². The van der Waals surface area contributed by atoms with E-state index in [1.54, 1.807) is 7.11 Å². The molecule has 4 nitrogen and oxygen atoms in total. The topological polar surface area (TPSA) is 44.2 Å². The lowest BCUT2D eigenvalue weighted by molar-refractivity contribution is 0.100. The number of ether oxygens (including phenoxy) is 2. The van der Waals surface area contributed by atoms with Gasteiger partial charge in [0.2, 0.25) is 0 Å². The second-order valence-corrected chi connectivity index (χ2v) is 5.95. The molecule has 1 aliphatic heterocycles. The summed E-state index contributed by atoms with van der Waals surface area (Å²) in [6.07, 6.45) is 3.05. The Bertz CT molecular complexity index is 314.